The molecule has 7 nitrogen and oxygen atoms in total. The van der Waals surface area contributed by atoms with E-state index >= 15 is 0 Å². The van der Waals surface area contributed by atoms with Crippen LogP contribution in [-0.4, -0.2) is 24.5 Å². The molecule has 8 heteroatoms. The summed E-state index contributed by atoms with van der Waals surface area (Å²) in [5.41, 5.74) is 0.569. The summed E-state index contributed by atoms with van der Waals surface area (Å²) in [7, 11) is -3.50. The molecule has 0 bridgehead atoms. The number of amidine groups is 1. The summed E-state index contributed by atoms with van der Waals surface area (Å²) in [5.74, 6) is 1.76. The van der Waals surface area contributed by atoms with Crippen molar-refractivity contribution in [3.63, 3.8) is 0 Å². The zero-order valence-electron chi connectivity index (χ0n) is 11.0. The van der Waals surface area contributed by atoms with E-state index in [1.807, 2.05) is 0 Å². The van der Waals surface area contributed by atoms with Gasteiger partial charge in [-0.3, -0.25) is 9.71 Å². The van der Waals surface area contributed by atoms with Gasteiger partial charge < -0.3 is 4.42 Å². The fourth-order valence-corrected chi connectivity index (χ4v) is 3.47. The van der Waals surface area contributed by atoms with Crippen LogP contribution in [-0.2, 0) is 16.6 Å². The van der Waals surface area contributed by atoms with E-state index in [2.05, 4.69) is 19.9 Å². The van der Waals surface area contributed by atoms with Gasteiger partial charge in [0.2, 0.25) is 11.8 Å². The lowest BCUT2D eigenvalue weighted by Crippen LogP contribution is -2.22. The van der Waals surface area contributed by atoms with Crippen molar-refractivity contribution in [2.75, 3.05) is 0 Å². The monoisotopic (exact) mass is 304 g/mol. The van der Waals surface area contributed by atoms with Gasteiger partial charge in [-0.05, 0) is 25.0 Å². The standard InChI is InChI=1S/C13H12N4O3S/c18-21(19)10-4-2-1-3-9(10)12(17-21)14-7-11-15-16-13(20-11)8-5-6-8/h1-4,8H,5-7H2,(H,14,17). The first kappa shape index (κ1) is 12.5. The molecule has 0 spiro atoms. The molecule has 21 heavy (non-hydrogen) atoms. The van der Waals surface area contributed by atoms with Gasteiger partial charge in [0, 0.05) is 11.5 Å². The Kier molecular flexibility index (Phi) is 2.61. The quantitative estimate of drug-likeness (QED) is 0.918. The zero-order chi connectivity index (χ0) is 14.4. The normalized spacial score (nSPS) is 21.2. The van der Waals surface area contributed by atoms with Crippen LogP contribution in [0.1, 0.15) is 36.1 Å². The molecule has 2 heterocycles. The van der Waals surface area contributed by atoms with Gasteiger partial charge in [0.05, 0.1) is 4.90 Å². The first-order valence-corrected chi connectivity index (χ1v) is 8.11. The maximum Gasteiger partial charge on any atom is 0.263 e. The van der Waals surface area contributed by atoms with E-state index in [1.54, 1.807) is 24.3 Å². The summed E-state index contributed by atoms with van der Waals surface area (Å²) < 4.78 is 31.8. The minimum absolute atomic E-state index is 0.159. The summed E-state index contributed by atoms with van der Waals surface area (Å²) in [4.78, 5) is 4.50. The number of rotatable bonds is 3. The summed E-state index contributed by atoms with van der Waals surface area (Å²) >= 11 is 0. The van der Waals surface area contributed by atoms with Crippen LogP contribution in [0.3, 0.4) is 0 Å². The van der Waals surface area contributed by atoms with E-state index in [1.165, 1.54) is 0 Å². The molecule has 4 rings (SSSR count). The van der Waals surface area contributed by atoms with E-state index in [9.17, 15) is 8.42 Å². The number of aromatic nitrogens is 2. The summed E-state index contributed by atoms with van der Waals surface area (Å²) in [6.07, 6.45) is 2.17. The topological polar surface area (TPSA) is 97.5 Å². The molecule has 1 aliphatic carbocycles. The number of nitrogens with one attached hydrogen (secondary N) is 1. The van der Waals surface area contributed by atoms with Crippen LogP contribution >= 0.6 is 0 Å². The summed E-state index contributed by atoms with van der Waals surface area (Å²) in [5, 5.41) is 7.90. The lowest BCUT2D eigenvalue weighted by Gasteiger charge is -1.96. The van der Waals surface area contributed by atoms with E-state index < -0.39 is 10.0 Å². The molecule has 0 radical (unpaired) electrons. The highest BCUT2D eigenvalue weighted by molar-refractivity contribution is 7.90. The predicted molar refractivity (Wildman–Crippen MR) is 73.3 cm³/mol. The molecule has 1 aliphatic heterocycles. The van der Waals surface area contributed by atoms with Gasteiger partial charge >= 0.3 is 0 Å². The highest BCUT2D eigenvalue weighted by atomic mass is 32.2. The molecule has 1 aromatic carbocycles. The molecule has 0 atom stereocenters. The van der Waals surface area contributed by atoms with Crippen molar-refractivity contribution in [2.45, 2.75) is 30.2 Å². The lowest BCUT2D eigenvalue weighted by molar-refractivity contribution is 0.453. The van der Waals surface area contributed by atoms with Gasteiger partial charge in [0.25, 0.3) is 10.0 Å². The van der Waals surface area contributed by atoms with Crippen molar-refractivity contribution >= 4 is 15.9 Å². The van der Waals surface area contributed by atoms with Crippen molar-refractivity contribution in [1.29, 1.82) is 0 Å². The van der Waals surface area contributed by atoms with Crippen LogP contribution in [0, 0.1) is 0 Å². The van der Waals surface area contributed by atoms with Crippen molar-refractivity contribution in [3.8, 4) is 0 Å². The molecule has 0 amide bonds. The smallest absolute Gasteiger partial charge is 0.263 e. The second kappa shape index (κ2) is 4.39. The molecule has 1 saturated carbocycles. The zero-order valence-corrected chi connectivity index (χ0v) is 11.8. The maximum atomic E-state index is 11.9. The Morgan fingerprint density at radius 1 is 1.29 bits per heavy atom. The second-order valence-electron chi connectivity index (χ2n) is 5.07. The number of benzene rings is 1. The van der Waals surface area contributed by atoms with Crippen molar-refractivity contribution < 1.29 is 12.8 Å². The number of hydrogen-bond acceptors (Lipinski definition) is 6. The van der Waals surface area contributed by atoms with Crippen LogP contribution in [0.2, 0.25) is 0 Å². The third-order valence-electron chi connectivity index (χ3n) is 3.44. The maximum absolute atomic E-state index is 11.9. The van der Waals surface area contributed by atoms with E-state index in [-0.39, 0.29) is 11.4 Å². The number of fused-ring (bicyclic) bond motifs is 1. The second-order valence-corrected chi connectivity index (χ2v) is 6.73. The lowest BCUT2D eigenvalue weighted by atomic mass is 10.2. The molecular formula is C13H12N4O3S. The van der Waals surface area contributed by atoms with Gasteiger partial charge in [-0.25, -0.2) is 8.42 Å². The molecule has 108 valence electrons. The minimum atomic E-state index is -3.50. The number of hydrogen-bond donors (Lipinski definition) is 1. The number of aliphatic imine (C=N–C) groups is 1. The Morgan fingerprint density at radius 3 is 2.90 bits per heavy atom. The van der Waals surface area contributed by atoms with Gasteiger partial charge in [0.15, 0.2) is 0 Å². The first-order chi connectivity index (χ1) is 10.1. The van der Waals surface area contributed by atoms with Gasteiger partial charge in [0.1, 0.15) is 12.4 Å². The average Bonchev–Trinajstić information content (AvgIpc) is 3.16. The van der Waals surface area contributed by atoms with Gasteiger partial charge in [-0.15, -0.1) is 10.2 Å². The van der Waals surface area contributed by atoms with Crippen LogP contribution < -0.4 is 4.72 Å². The minimum Gasteiger partial charge on any atom is -0.423 e. The largest absolute Gasteiger partial charge is 0.423 e. The Labute approximate surface area is 121 Å². The summed E-state index contributed by atoms with van der Waals surface area (Å²) in [6.45, 7) is 0.159. The molecular weight excluding hydrogens is 292 g/mol. The summed E-state index contributed by atoms with van der Waals surface area (Å²) in [6, 6.07) is 6.73. The fourth-order valence-electron chi connectivity index (χ4n) is 2.22. The Bertz CT molecular complexity index is 837. The molecule has 0 unspecified atom stereocenters. The van der Waals surface area contributed by atoms with Crippen molar-refractivity contribution in [3.05, 3.63) is 41.6 Å². The van der Waals surface area contributed by atoms with Crippen LogP contribution in [0.5, 0.6) is 0 Å². The van der Waals surface area contributed by atoms with E-state index in [0.717, 1.165) is 12.8 Å². The third kappa shape index (κ3) is 2.21. The van der Waals surface area contributed by atoms with Gasteiger partial charge in [-0.1, -0.05) is 12.1 Å². The van der Waals surface area contributed by atoms with Gasteiger partial charge in [-0.2, -0.15) is 0 Å². The first-order valence-electron chi connectivity index (χ1n) is 6.62. The molecule has 2 aliphatic rings. The fraction of sp³-hybridized carbons (Fsp3) is 0.308. The molecule has 1 N–H and O–H groups in total. The van der Waals surface area contributed by atoms with E-state index in [4.69, 9.17) is 4.42 Å². The molecule has 1 aromatic heterocycles. The molecule has 0 saturated heterocycles. The predicted octanol–water partition coefficient (Wildman–Crippen LogP) is 1.19. The van der Waals surface area contributed by atoms with Crippen LogP contribution in [0.15, 0.2) is 38.6 Å². The van der Waals surface area contributed by atoms with Crippen LogP contribution in [0.25, 0.3) is 0 Å². The van der Waals surface area contributed by atoms with Crippen molar-refractivity contribution in [2.24, 2.45) is 4.99 Å². The molecule has 2 aromatic rings. The highest BCUT2D eigenvalue weighted by Crippen LogP contribution is 2.39. The highest BCUT2D eigenvalue weighted by Gasteiger charge is 2.31. The number of sulfonamides is 1. The Balaban J connectivity index is 1.61. The van der Waals surface area contributed by atoms with E-state index in [0.29, 0.717) is 29.1 Å². The number of nitrogens with zero attached hydrogens (tertiary/aromatic N) is 3. The Hall–Kier alpha value is -2.22. The SMILES string of the molecule is O=S1(=O)NC(=NCc2nnc(C3CC3)o2)c2ccccc21. The Morgan fingerprint density at radius 2 is 2.10 bits per heavy atom. The third-order valence-corrected chi connectivity index (χ3v) is 4.84. The van der Waals surface area contributed by atoms with Crippen molar-refractivity contribution in [1.82, 2.24) is 14.9 Å². The molecule has 1 fully saturated rings. The average molecular weight is 304 g/mol. The van der Waals surface area contributed by atoms with Crippen LogP contribution in [0.4, 0.5) is 0 Å².